The molecule has 0 saturated carbocycles. The quantitative estimate of drug-likeness (QED) is 0.490. The normalized spacial score (nSPS) is 21.6. The van der Waals surface area contributed by atoms with Gasteiger partial charge in [0.15, 0.2) is 0 Å². The molecule has 1 aliphatic heterocycles. The maximum Gasteiger partial charge on any atom is 0.236 e. The largest absolute Gasteiger partial charge is 0.383 e. The third-order valence-corrected chi connectivity index (χ3v) is 2.46. The van der Waals surface area contributed by atoms with Crippen molar-refractivity contribution < 1.29 is 14.3 Å². The molecule has 92 valence electrons. The van der Waals surface area contributed by atoms with E-state index < -0.39 is 0 Å². The zero-order valence-electron chi connectivity index (χ0n) is 9.71. The Morgan fingerprint density at radius 3 is 3.00 bits per heavy atom. The highest BCUT2D eigenvalue weighted by atomic mass is 16.5. The van der Waals surface area contributed by atoms with Crippen LogP contribution in [0, 0.1) is 0 Å². The number of ether oxygens (including phenoxy) is 1. The molecule has 2 unspecified atom stereocenters. The first-order valence-corrected chi connectivity index (χ1v) is 5.43. The van der Waals surface area contributed by atoms with E-state index in [0.717, 1.165) is 0 Å². The van der Waals surface area contributed by atoms with Gasteiger partial charge in [0.2, 0.25) is 11.8 Å². The van der Waals surface area contributed by atoms with Crippen LogP contribution in [-0.2, 0) is 14.3 Å². The Bertz CT molecular complexity index is 258. The molecular weight excluding hydrogens is 210 g/mol. The standard InChI is InChI=1S/C10H19N3O3/c1-7(10(15)11-3-4-16-2)13-8-5-9(14)12-6-8/h7-8,13H,3-6H2,1-2H3,(H,11,15)(H,12,14). The van der Waals surface area contributed by atoms with Crippen molar-refractivity contribution in [3.05, 3.63) is 0 Å². The Hall–Kier alpha value is -1.14. The molecule has 0 aromatic rings. The minimum absolute atomic E-state index is 0.0319. The van der Waals surface area contributed by atoms with Gasteiger partial charge in [-0.25, -0.2) is 0 Å². The van der Waals surface area contributed by atoms with E-state index in [0.29, 0.717) is 26.1 Å². The van der Waals surface area contributed by atoms with Crippen LogP contribution in [0.2, 0.25) is 0 Å². The summed E-state index contributed by atoms with van der Waals surface area (Å²) in [7, 11) is 1.59. The summed E-state index contributed by atoms with van der Waals surface area (Å²) in [5.41, 5.74) is 0. The molecular formula is C10H19N3O3. The van der Waals surface area contributed by atoms with E-state index in [2.05, 4.69) is 16.0 Å². The van der Waals surface area contributed by atoms with Gasteiger partial charge in [0.05, 0.1) is 12.6 Å². The van der Waals surface area contributed by atoms with E-state index in [1.807, 2.05) is 0 Å². The van der Waals surface area contributed by atoms with Crippen molar-refractivity contribution in [2.24, 2.45) is 0 Å². The average Bonchev–Trinajstić information content (AvgIpc) is 2.64. The number of carbonyl (C=O) groups is 2. The van der Waals surface area contributed by atoms with Gasteiger partial charge in [-0.1, -0.05) is 0 Å². The van der Waals surface area contributed by atoms with Crippen molar-refractivity contribution >= 4 is 11.8 Å². The van der Waals surface area contributed by atoms with Crippen LogP contribution in [0.25, 0.3) is 0 Å². The lowest BCUT2D eigenvalue weighted by Gasteiger charge is -2.17. The molecule has 1 rings (SSSR count). The summed E-state index contributed by atoms with van der Waals surface area (Å²) >= 11 is 0. The number of methoxy groups -OCH3 is 1. The summed E-state index contributed by atoms with van der Waals surface area (Å²) in [4.78, 5) is 22.5. The molecule has 3 N–H and O–H groups in total. The van der Waals surface area contributed by atoms with E-state index in [9.17, 15) is 9.59 Å². The third-order valence-electron chi connectivity index (χ3n) is 2.46. The number of amides is 2. The number of hydrogen-bond acceptors (Lipinski definition) is 4. The van der Waals surface area contributed by atoms with Crippen LogP contribution in [0.5, 0.6) is 0 Å². The molecule has 0 radical (unpaired) electrons. The summed E-state index contributed by atoms with van der Waals surface area (Å²) in [6, 6.07) is -0.245. The molecule has 0 spiro atoms. The lowest BCUT2D eigenvalue weighted by atomic mass is 10.2. The Morgan fingerprint density at radius 1 is 1.69 bits per heavy atom. The van der Waals surface area contributed by atoms with Gasteiger partial charge in [-0.15, -0.1) is 0 Å². The van der Waals surface area contributed by atoms with Crippen LogP contribution in [0.15, 0.2) is 0 Å². The number of hydrogen-bond donors (Lipinski definition) is 3. The van der Waals surface area contributed by atoms with Crippen molar-refractivity contribution in [2.45, 2.75) is 25.4 Å². The van der Waals surface area contributed by atoms with Crippen LogP contribution in [-0.4, -0.2) is 50.7 Å². The SMILES string of the molecule is COCCNC(=O)C(C)NC1CNC(=O)C1. The maximum atomic E-state index is 11.6. The van der Waals surface area contributed by atoms with Gasteiger partial charge in [0, 0.05) is 32.7 Å². The summed E-state index contributed by atoms with van der Waals surface area (Å²) in [6.07, 6.45) is 0.440. The van der Waals surface area contributed by atoms with Crippen molar-refractivity contribution in [3.8, 4) is 0 Å². The van der Waals surface area contributed by atoms with Gasteiger partial charge in [-0.3, -0.25) is 9.59 Å². The second-order valence-electron chi connectivity index (χ2n) is 3.88. The Morgan fingerprint density at radius 2 is 2.44 bits per heavy atom. The summed E-state index contributed by atoms with van der Waals surface area (Å²) in [5.74, 6) is -0.0408. The summed E-state index contributed by atoms with van der Waals surface area (Å²) in [5, 5.41) is 8.55. The molecule has 0 bridgehead atoms. The topological polar surface area (TPSA) is 79.5 Å². The molecule has 2 atom stereocenters. The van der Waals surface area contributed by atoms with Crippen LogP contribution < -0.4 is 16.0 Å². The van der Waals surface area contributed by atoms with E-state index in [4.69, 9.17) is 4.74 Å². The van der Waals surface area contributed by atoms with Crippen LogP contribution in [0.4, 0.5) is 0 Å². The van der Waals surface area contributed by atoms with E-state index >= 15 is 0 Å². The van der Waals surface area contributed by atoms with Crippen molar-refractivity contribution in [3.63, 3.8) is 0 Å². The van der Waals surface area contributed by atoms with Gasteiger partial charge in [0.1, 0.15) is 0 Å². The van der Waals surface area contributed by atoms with Crippen LogP contribution >= 0.6 is 0 Å². The van der Waals surface area contributed by atoms with E-state index in [1.165, 1.54) is 0 Å². The van der Waals surface area contributed by atoms with Gasteiger partial charge >= 0.3 is 0 Å². The first-order valence-electron chi connectivity index (χ1n) is 5.43. The molecule has 6 nitrogen and oxygen atoms in total. The van der Waals surface area contributed by atoms with Gasteiger partial charge < -0.3 is 20.7 Å². The first kappa shape index (κ1) is 12.9. The van der Waals surface area contributed by atoms with E-state index in [-0.39, 0.29) is 23.9 Å². The highest BCUT2D eigenvalue weighted by molar-refractivity contribution is 5.82. The van der Waals surface area contributed by atoms with Gasteiger partial charge in [-0.05, 0) is 6.92 Å². The van der Waals surface area contributed by atoms with Crippen LogP contribution in [0.3, 0.4) is 0 Å². The van der Waals surface area contributed by atoms with Gasteiger partial charge in [0.25, 0.3) is 0 Å². The monoisotopic (exact) mass is 229 g/mol. The van der Waals surface area contributed by atoms with Gasteiger partial charge in [-0.2, -0.15) is 0 Å². The predicted octanol–water partition coefficient (Wildman–Crippen LogP) is -1.38. The predicted molar refractivity (Wildman–Crippen MR) is 58.9 cm³/mol. The molecule has 1 saturated heterocycles. The molecule has 16 heavy (non-hydrogen) atoms. The van der Waals surface area contributed by atoms with Crippen LogP contribution in [0.1, 0.15) is 13.3 Å². The number of rotatable bonds is 6. The van der Waals surface area contributed by atoms with Crippen molar-refractivity contribution in [2.75, 3.05) is 26.8 Å². The Kier molecular flexibility index (Phi) is 5.21. The smallest absolute Gasteiger partial charge is 0.236 e. The maximum absolute atomic E-state index is 11.6. The third kappa shape index (κ3) is 4.16. The molecule has 0 aliphatic carbocycles. The summed E-state index contributed by atoms with van der Waals surface area (Å²) in [6.45, 7) is 3.38. The second kappa shape index (κ2) is 6.44. The fourth-order valence-electron chi connectivity index (χ4n) is 1.58. The Balaban J connectivity index is 2.20. The molecule has 0 aromatic heterocycles. The molecule has 1 heterocycles. The average molecular weight is 229 g/mol. The number of nitrogens with one attached hydrogen (secondary N) is 3. The molecule has 1 fully saturated rings. The lowest BCUT2D eigenvalue weighted by Crippen LogP contribution is -2.47. The molecule has 1 aliphatic rings. The summed E-state index contributed by atoms with van der Waals surface area (Å²) < 4.78 is 4.83. The van der Waals surface area contributed by atoms with Crippen molar-refractivity contribution in [1.29, 1.82) is 0 Å². The fraction of sp³-hybridized carbons (Fsp3) is 0.800. The fourth-order valence-corrected chi connectivity index (χ4v) is 1.58. The molecule has 6 heteroatoms. The lowest BCUT2D eigenvalue weighted by molar-refractivity contribution is -0.123. The molecule has 0 aromatic carbocycles. The zero-order valence-corrected chi connectivity index (χ0v) is 9.71. The minimum atomic E-state index is -0.297. The number of carbonyl (C=O) groups excluding carboxylic acids is 2. The zero-order chi connectivity index (χ0) is 12.0. The Labute approximate surface area is 95.1 Å². The molecule has 2 amide bonds. The highest BCUT2D eigenvalue weighted by Crippen LogP contribution is 2.00. The van der Waals surface area contributed by atoms with Crippen molar-refractivity contribution in [1.82, 2.24) is 16.0 Å². The first-order chi connectivity index (χ1) is 7.63. The second-order valence-corrected chi connectivity index (χ2v) is 3.88. The highest BCUT2D eigenvalue weighted by Gasteiger charge is 2.24. The minimum Gasteiger partial charge on any atom is -0.383 e. The van der Waals surface area contributed by atoms with E-state index in [1.54, 1.807) is 14.0 Å².